The highest BCUT2D eigenvalue weighted by Crippen LogP contribution is 2.18. The molecule has 0 saturated carbocycles. The van der Waals surface area contributed by atoms with Crippen molar-refractivity contribution < 1.29 is 0 Å². The first-order valence-electron chi connectivity index (χ1n) is 3.48. The molecule has 0 aliphatic heterocycles. The maximum atomic E-state index is 4.14. The zero-order chi connectivity index (χ0) is 8.39. The molecule has 0 unspecified atom stereocenters. The summed E-state index contributed by atoms with van der Waals surface area (Å²) in [5.74, 6) is 0.862. The van der Waals surface area contributed by atoms with E-state index in [1.165, 1.54) is 0 Å². The van der Waals surface area contributed by atoms with Gasteiger partial charge in [0.05, 0.1) is 28.4 Å². The average Bonchev–Trinajstić information content (AvgIpc) is 2.17. The predicted octanol–water partition coefficient (Wildman–Crippen LogP) is 2.39. The van der Waals surface area contributed by atoms with Crippen LogP contribution >= 0.6 is 22.9 Å². The van der Waals surface area contributed by atoms with E-state index in [2.05, 4.69) is 36.4 Å². The molecule has 2 rings (SSSR count). The van der Waals surface area contributed by atoms with Gasteiger partial charge in [0.15, 0.2) is 0 Å². The monoisotopic (exact) mass is 271 g/mol. The number of anilines is 1. The highest BCUT2D eigenvalue weighted by atomic mass is 127. The first kappa shape index (κ1) is 7.72. The minimum Gasteiger partial charge on any atom is -0.312 e. The molecule has 0 bridgehead atoms. The molecular formula is C8H6IN3. The molecule has 4 heteroatoms. The zero-order valence-electron chi connectivity index (χ0n) is 6.16. The highest BCUT2D eigenvalue weighted by Gasteiger charge is 1.98. The SMILES string of the molecule is INc1ncnc2ccccc12. The van der Waals surface area contributed by atoms with Crippen LogP contribution in [0.15, 0.2) is 30.6 Å². The molecule has 1 aromatic heterocycles. The van der Waals surface area contributed by atoms with Crippen molar-refractivity contribution in [3.05, 3.63) is 30.6 Å². The van der Waals surface area contributed by atoms with Crippen molar-refractivity contribution in [2.24, 2.45) is 0 Å². The van der Waals surface area contributed by atoms with Crippen LogP contribution in [0.3, 0.4) is 0 Å². The van der Waals surface area contributed by atoms with Crippen LogP contribution in [0, 0.1) is 0 Å². The van der Waals surface area contributed by atoms with Gasteiger partial charge in [0.25, 0.3) is 0 Å². The van der Waals surface area contributed by atoms with Crippen molar-refractivity contribution in [2.45, 2.75) is 0 Å². The third kappa shape index (κ3) is 1.22. The molecule has 60 valence electrons. The van der Waals surface area contributed by atoms with E-state index < -0.39 is 0 Å². The number of halogens is 1. The van der Waals surface area contributed by atoms with Gasteiger partial charge in [0, 0.05) is 5.39 Å². The Hall–Kier alpha value is -0.910. The predicted molar refractivity (Wildman–Crippen MR) is 57.2 cm³/mol. The Balaban J connectivity index is 2.79. The standard InChI is InChI=1S/C8H6IN3/c9-12-8-6-3-1-2-4-7(6)10-5-11-8/h1-5H,(H,10,11,12). The Kier molecular flexibility index (Phi) is 2.07. The Bertz CT molecular complexity index is 397. The van der Waals surface area contributed by atoms with E-state index >= 15 is 0 Å². The molecule has 0 aliphatic carbocycles. The molecule has 0 saturated heterocycles. The molecule has 0 radical (unpaired) electrons. The molecule has 3 nitrogen and oxygen atoms in total. The first-order valence-corrected chi connectivity index (χ1v) is 4.56. The number of nitrogens with one attached hydrogen (secondary N) is 1. The summed E-state index contributed by atoms with van der Waals surface area (Å²) in [7, 11) is 0. The lowest BCUT2D eigenvalue weighted by Gasteiger charge is -2.00. The third-order valence-electron chi connectivity index (χ3n) is 1.63. The lowest BCUT2D eigenvalue weighted by molar-refractivity contribution is 1.23. The van der Waals surface area contributed by atoms with Crippen LogP contribution in [0.2, 0.25) is 0 Å². The number of aromatic nitrogens is 2. The number of benzene rings is 1. The third-order valence-corrected chi connectivity index (χ3v) is 2.14. The van der Waals surface area contributed by atoms with Crippen LogP contribution in [0.1, 0.15) is 0 Å². The number of rotatable bonds is 1. The number of fused-ring (bicyclic) bond motifs is 1. The van der Waals surface area contributed by atoms with Crippen LogP contribution < -0.4 is 3.53 Å². The van der Waals surface area contributed by atoms with Crippen LogP contribution in [-0.2, 0) is 0 Å². The highest BCUT2D eigenvalue weighted by molar-refractivity contribution is 14.1. The Morgan fingerprint density at radius 3 is 2.83 bits per heavy atom. The zero-order valence-corrected chi connectivity index (χ0v) is 8.32. The number of hydrogen-bond acceptors (Lipinski definition) is 3. The van der Waals surface area contributed by atoms with Gasteiger partial charge in [-0.25, -0.2) is 9.97 Å². The van der Waals surface area contributed by atoms with Gasteiger partial charge in [0.1, 0.15) is 12.1 Å². The second-order valence-corrected chi connectivity index (χ2v) is 2.87. The summed E-state index contributed by atoms with van der Waals surface area (Å²) in [4.78, 5) is 8.23. The summed E-state index contributed by atoms with van der Waals surface area (Å²) in [6, 6.07) is 7.90. The molecule has 1 N–H and O–H groups in total. The van der Waals surface area contributed by atoms with Gasteiger partial charge in [-0.05, 0) is 12.1 Å². The minimum absolute atomic E-state index is 0.862. The van der Waals surface area contributed by atoms with E-state index in [0.717, 1.165) is 16.7 Å². The molecule has 0 amide bonds. The second-order valence-electron chi connectivity index (χ2n) is 2.33. The molecule has 2 aromatic rings. The maximum absolute atomic E-state index is 4.14. The van der Waals surface area contributed by atoms with Crippen molar-refractivity contribution >= 4 is 39.6 Å². The summed E-state index contributed by atoms with van der Waals surface area (Å²) < 4.78 is 2.99. The summed E-state index contributed by atoms with van der Waals surface area (Å²) in [5, 5.41) is 1.05. The Morgan fingerprint density at radius 1 is 1.17 bits per heavy atom. The maximum Gasteiger partial charge on any atom is 0.145 e. The van der Waals surface area contributed by atoms with Crippen molar-refractivity contribution in [1.29, 1.82) is 0 Å². The van der Waals surface area contributed by atoms with E-state index in [0.29, 0.717) is 0 Å². The first-order chi connectivity index (χ1) is 5.92. The van der Waals surface area contributed by atoms with Gasteiger partial charge in [0.2, 0.25) is 0 Å². The second kappa shape index (κ2) is 3.22. The lowest BCUT2D eigenvalue weighted by atomic mass is 10.2. The molecule has 12 heavy (non-hydrogen) atoms. The Labute approximate surface area is 83.7 Å². The molecule has 0 spiro atoms. The van der Waals surface area contributed by atoms with Gasteiger partial charge < -0.3 is 3.53 Å². The molecule has 1 heterocycles. The minimum atomic E-state index is 0.862. The topological polar surface area (TPSA) is 37.8 Å². The average molecular weight is 271 g/mol. The largest absolute Gasteiger partial charge is 0.312 e. The fourth-order valence-electron chi connectivity index (χ4n) is 1.08. The van der Waals surface area contributed by atoms with Crippen molar-refractivity contribution in [1.82, 2.24) is 9.97 Å². The van der Waals surface area contributed by atoms with Crippen molar-refractivity contribution in [3.63, 3.8) is 0 Å². The summed E-state index contributed by atoms with van der Waals surface area (Å²) >= 11 is 2.06. The normalized spacial score (nSPS) is 10.1. The summed E-state index contributed by atoms with van der Waals surface area (Å²) in [6.07, 6.45) is 1.56. The van der Waals surface area contributed by atoms with E-state index in [1.807, 2.05) is 24.3 Å². The van der Waals surface area contributed by atoms with Gasteiger partial charge >= 0.3 is 0 Å². The molecule has 0 aliphatic rings. The van der Waals surface area contributed by atoms with E-state index in [4.69, 9.17) is 0 Å². The molecular weight excluding hydrogens is 265 g/mol. The van der Waals surface area contributed by atoms with Gasteiger partial charge in [-0.1, -0.05) is 12.1 Å². The number of para-hydroxylation sites is 1. The summed E-state index contributed by atoms with van der Waals surface area (Å²) in [6.45, 7) is 0. The van der Waals surface area contributed by atoms with Gasteiger partial charge in [-0.2, -0.15) is 0 Å². The molecule has 1 aromatic carbocycles. The number of nitrogens with zero attached hydrogens (tertiary/aromatic N) is 2. The van der Waals surface area contributed by atoms with E-state index in [-0.39, 0.29) is 0 Å². The van der Waals surface area contributed by atoms with Crippen LogP contribution in [0.25, 0.3) is 10.9 Å². The smallest absolute Gasteiger partial charge is 0.145 e. The summed E-state index contributed by atoms with van der Waals surface area (Å²) in [5.41, 5.74) is 0.965. The number of hydrogen-bond donors (Lipinski definition) is 1. The van der Waals surface area contributed by atoms with Crippen LogP contribution in [0.5, 0.6) is 0 Å². The molecule has 0 atom stereocenters. The molecule has 0 fully saturated rings. The van der Waals surface area contributed by atoms with Gasteiger partial charge in [-0.3, -0.25) is 0 Å². The van der Waals surface area contributed by atoms with E-state index in [1.54, 1.807) is 6.33 Å². The lowest BCUT2D eigenvalue weighted by Crippen LogP contribution is -1.88. The fourth-order valence-corrected chi connectivity index (χ4v) is 1.51. The van der Waals surface area contributed by atoms with Crippen molar-refractivity contribution in [3.8, 4) is 0 Å². The fraction of sp³-hybridized carbons (Fsp3) is 0. The van der Waals surface area contributed by atoms with E-state index in [9.17, 15) is 0 Å². The van der Waals surface area contributed by atoms with Crippen LogP contribution in [0.4, 0.5) is 5.82 Å². The van der Waals surface area contributed by atoms with Gasteiger partial charge in [-0.15, -0.1) is 0 Å². The Morgan fingerprint density at radius 2 is 2.00 bits per heavy atom. The quantitative estimate of drug-likeness (QED) is 0.639. The van der Waals surface area contributed by atoms with Crippen LogP contribution in [-0.4, -0.2) is 9.97 Å². The van der Waals surface area contributed by atoms with Crippen molar-refractivity contribution in [2.75, 3.05) is 3.53 Å².